The van der Waals surface area contributed by atoms with Crippen molar-refractivity contribution >= 4 is 0 Å². The minimum atomic E-state index is -6.01. The fraction of sp³-hybridized carbons (Fsp3) is 1.00. The second-order valence-corrected chi connectivity index (χ2v) is 7.21. The van der Waals surface area contributed by atoms with Crippen LogP contribution in [-0.2, 0) is 4.74 Å². The normalized spacial score (nSPS) is 30.2. The van der Waals surface area contributed by atoms with Crippen LogP contribution < -0.4 is 0 Å². The number of nitrogens with zero attached hydrogens (tertiary/aromatic N) is 2. The largest absolute Gasteiger partial charge is 0.429 e. The molecular weight excluding hydrogens is 433 g/mol. The summed E-state index contributed by atoms with van der Waals surface area (Å²) >= 11 is 0. The molecule has 2 saturated heterocycles. The van der Waals surface area contributed by atoms with E-state index in [0.29, 0.717) is 4.90 Å². The van der Waals surface area contributed by atoms with Gasteiger partial charge < -0.3 is 9.64 Å². The molecule has 0 saturated carbocycles. The first-order valence-corrected chi connectivity index (χ1v) is 8.59. The van der Waals surface area contributed by atoms with Crippen molar-refractivity contribution < 1.29 is 53.0 Å². The summed E-state index contributed by atoms with van der Waals surface area (Å²) < 4.78 is 152. The number of rotatable bonds is 5. The van der Waals surface area contributed by atoms with Crippen molar-refractivity contribution in [2.45, 2.75) is 61.5 Å². The summed E-state index contributed by atoms with van der Waals surface area (Å²) in [5, 5.41) is 0. The lowest BCUT2D eigenvalue weighted by molar-refractivity contribution is -0.315. The number of piperazine rings is 1. The van der Waals surface area contributed by atoms with Crippen LogP contribution in [0.25, 0.3) is 0 Å². The zero-order valence-electron chi connectivity index (χ0n) is 15.0. The summed E-state index contributed by atoms with van der Waals surface area (Å²) in [6.45, 7) is -0.385. The Bertz CT molecular complexity index is 561. The molecule has 0 aromatic heterocycles. The SMILES string of the molecule is CN1CCN(C(F)C(F)(C2CCC(C(F)(F)C(F)C(F)(F)F)O2)C(F)(F)F)CC1. The Labute approximate surface area is 158 Å². The van der Waals surface area contributed by atoms with Gasteiger partial charge in [0.2, 0.25) is 0 Å². The van der Waals surface area contributed by atoms with Crippen LogP contribution in [0.3, 0.4) is 0 Å². The van der Waals surface area contributed by atoms with E-state index in [-0.39, 0.29) is 26.2 Å². The molecule has 2 rings (SSSR count). The van der Waals surface area contributed by atoms with Gasteiger partial charge >= 0.3 is 18.3 Å². The standard InChI is InChI=1S/C15H19F11N2O/c1-27-4-6-28(7-5-27)11(17)12(18,15(24,25)26)8-2-3-9(29-8)13(19,20)10(16)14(21,22)23/h8-11H,2-7H2,1H3. The first-order chi connectivity index (χ1) is 13.0. The molecule has 0 radical (unpaired) electrons. The van der Waals surface area contributed by atoms with Crippen LogP contribution in [0.1, 0.15) is 12.8 Å². The van der Waals surface area contributed by atoms with E-state index >= 15 is 4.39 Å². The Balaban J connectivity index is 2.24. The lowest BCUT2D eigenvalue weighted by atomic mass is 9.92. The number of alkyl halides is 11. The predicted octanol–water partition coefficient (Wildman–Crippen LogP) is 3.88. The van der Waals surface area contributed by atoms with E-state index in [2.05, 4.69) is 4.74 Å². The Morgan fingerprint density at radius 3 is 1.72 bits per heavy atom. The zero-order chi connectivity index (χ0) is 22.4. The zero-order valence-corrected chi connectivity index (χ0v) is 15.0. The maximum Gasteiger partial charge on any atom is 0.429 e. The third-order valence-electron chi connectivity index (χ3n) is 5.18. The molecule has 5 unspecified atom stereocenters. The molecular formula is C15H19F11N2O. The summed E-state index contributed by atoms with van der Waals surface area (Å²) in [4.78, 5) is 2.16. The Morgan fingerprint density at radius 2 is 1.28 bits per heavy atom. The highest BCUT2D eigenvalue weighted by molar-refractivity contribution is 5.05. The lowest BCUT2D eigenvalue weighted by Crippen LogP contribution is -2.65. The Morgan fingerprint density at radius 1 is 0.793 bits per heavy atom. The Hall–Kier alpha value is -0.890. The molecule has 3 nitrogen and oxygen atoms in total. The molecule has 0 amide bonds. The van der Waals surface area contributed by atoms with Gasteiger partial charge in [-0.2, -0.15) is 26.3 Å². The molecule has 0 spiro atoms. The topological polar surface area (TPSA) is 15.7 Å². The molecule has 0 aromatic carbocycles. The summed E-state index contributed by atoms with van der Waals surface area (Å²) in [6, 6.07) is 0. The minimum absolute atomic E-state index is 0.107. The first-order valence-electron chi connectivity index (χ1n) is 8.59. The number of ether oxygens (including phenoxy) is 1. The van der Waals surface area contributed by atoms with Gasteiger partial charge in [-0.1, -0.05) is 0 Å². The molecule has 29 heavy (non-hydrogen) atoms. The van der Waals surface area contributed by atoms with Crippen LogP contribution in [-0.4, -0.2) is 91.6 Å². The predicted molar refractivity (Wildman–Crippen MR) is 77.7 cm³/mol. The van der Waals surface area contributed by atoms with Crippen LogP contribution >= 0.6 is 0 Å². The summed E-state index contributed by atoms with van der Waals surface area (Å²) in [5.74, 6) is -5.26. The molecule has 2 fully saturated rings. The average molecular weight is 452 g/mol. The van der Waals surface area contributed by atoms with E-state index in [9.17, 15) is 43.9 Å². The van der Waals surface area contributed by atoms with E-state index in [0.717, 1.165) is 0 Å². The number of likely N-dealkylation sites (N-methyl/N-ethyl adjacent to an activating group) is 1. The van der Waals surface area contributed by atoms with Crippen LogP contribution in [0.15, 0.2) is 0 Å². The summed E-state index contributed by atoms with van der Waals surface area (Å²) in [6.07, 6.45) is -28.2. The fourth-order valence-electron chi connectivity index (χ4n) is 3.40. The van der Waals surface area contributed by atoms with Crippen molar-refractivity contribution in [3.05, 3.63) is 0 Å². The Kier molecular flexibility index (Phi) is 6.71. The van der Waals surface area contributed by atoms with Gasteiger partial charge in [0.1, 0.15) is 12.2 Å². The average Bonchev–Trinajstić information content (AvgIpc) is 3.09. The fourth-order valence-corrected chi connectivity index (χ4v) is 3.40. The van der Waals surface area contributed by atoms with Crippen LogP contribution in [0, 0.1) is 0 Å². The molecule has 2 heterocycles. The smallest absolute Gasteiger partial charge is 0.365 e. The van der Waals surface area contributed by atoms with Crippen LogP contribution in [0.2, 0.25) is 0 Å². The van der Waals surface area contributed by atoms with Gasteiger partial charge in [0.25, 0.3) is 11.8 Å². The lowest BCUT2D eigenvalue weighted by Gasteiger charge is -2.42. The number of halogens is 11. The number of hydrogen-bond donors (Lipinski definition) is 0. The maximum atomic E-state index is 15.0. The van der Waals surface area contributed by atoms with Crippen molar-refractivity contribution in [3.63, 3.8) is 0 Å². The molecule has 0 N–H and O–H groups in total. The third kappa shape index (κ3) is 4.58. The molecule has 14 heteroatoms. The monoisotopic (exact) mass is 452 g/mol. The van der Waals surface area contributed by atoms with Crippen LogP contribution in [0.4, 0.5) is 48.3 Å². The van der Waals surface area contributed by atoms with Crippen molar-refractivity contribution in [2.75, 3.05) is 33.2 Å². The molecule has 0 aliphatic carbocycles. The second-order valence-electron chi connectivity index (χ2n) is 7.21. The first kappa shape index (κ1) is 24.4. The van der Waals surface area contributed by atoms with Crippen molar-refractivity contribution in [3.8, 4) is 0 Å². The third-order valence-corrected chi connectivity index (χ3v) is 5.18. The quantitative estimate of drug-likeness (QED) is 0.465. The van der Waals surface area contributed by atoms with Gasteiger partial charge in [0, 0.05) is 26.2 Å². The molecule has 172 valence electrons. The van der Waals surface area contributed by atoms with Gasteiger partial charge in [0.15, 0.2) is 6.30 Å². The van der Waals surface area contributed by atoms with E-state index in [1.165, 1.54) is 0 Å². The summed E-state index contributed by atoms with van der Waals surface area (Å²) in [5.41, 5.74) is -4.78. The van der Waals surface area contributed by atoms with Crippen molar-refractivity contribution in [1.29, 1.82) is 0 Å². The minimum Gasteiger partial charge on any atom is -0.365 e. The number of hydrogen-bond acceptors (Lipinski definition) is 3. The van der Waals surface area contributed by atoms with Gasteiger partial charge in [-0.05, 0) is 19.9 Å². The highest BCUT2D eigenvalue weighted by Crippen LogP contribution is 2.50. The second kappa shape index (κ2) is 7.98. The highest BCUT2D eigenvalue weighted by Gasteiger charge is 2.71. The van der Waals surface area contributed by atoms with Gasteiger partial charge in [-0.25, -0.2) is 22.0 Å². The van der Waals surface area contributed by atoms with Crippen molar-refractivity contribution in [2.24, 2.45) is 0 Å². The van der Waals surface area contributed by atoms with Gasteiger partial charge in [-0.15, -0.1) is 0 Å². The molecule has 0 aromatic rings. The van der Waals surface area contributed by atoms with E-state index in [1.54, 1.807) is 11.9 Å². The van der Waals surface area contributed by atoms with E-state index in [1.807, 2.05) is 0 Å². The van der Waals surface area contributed by atoms with E-state index in [4.69, 9.17) is 0 Å². The highest BCUT2D eigenvalue weighted by atomic mass is 19.4. The van der Waals surface area contributed by atoms with Gasteiger partial charge in [0.05, 0.1) is 0 Å². The maximum absolute atomic E-state index is 15.0. The molecule has 2 aliphatic rings. The van der Waals surface area contributed by atoms with E-state index < -0.39 is 61.5 Å². The molecule has 2 aliphatic heterocycles. The summed E-state index contributed by atoms with van der Waals surface area (Å²) in [7, 11) is 1.60. The molecule has 5 atom stereocenters. The molecule has 0 bridgehead atoms. The van der Waals surface area contributed by atoms with Crippen LogP contribution in [0.5, 0.6) is 0 Å². The van der Waals surface area contributed by atoms with Crippen molar-refractivity contribution in [1.82, 2.24) is 9.80 Å². The van der Waals surface area contributed by atoms with Gasteiger partial charge in [-0.3, -0.25) is 4.90 Å².